The number of nitrogens with two attached hydrogens (primary N) is 1. The van der Waals surface area contributed by atoms with E-state index in [2.05, 4.69) is 10.1 Å². The zero-order chi connectivity index (χ0) is 20.0. The molecule has 28 heavy (non-hydrogen) atoms. The Morgan fingerprint density at radius 1 is 1.11 bits per heavy atom. The Morgan fingerprint density at radius 3 is 2.36 bits per heavy atom. The van der Waals surface area contributed by atoms with Crippen molar-refractivity contribution in [1.82, 2.24) is 14.8 Å². The molecule has 0 saturated carbocycles. The number of para-hydroxylation sites is 1. The summed E-state index contributed by atoms with van der Waals surface area (Å²) in [5.74, 6) is -2.34. The van der Waals surface area contributed by atoms with Gasteiger partial charge in [-0.25, -0.2) is 13.5 Å². The predicted molar refractivity (Wildman–Crippen MR) is 101 cm³/mol. The summed E-state index contributed by atoms with van der Waals surface area (Å²) in [7, 11) is 0. The van der Waals surface area contributed by atoms with Gasteiger partial charge in [-0.1, -0.05) is 29.8 Å². The second-order valence-electron chi connectivity index (χ2n) is 5.96. The molecule has 6 nitrogen and oxygen atoms in total. The number of hydrogen-bond acceptors (Lipinski definition) is 3. The number of aromatic nitrogens is 3. The molecule has 3 N–H and O–H groups in total. The van der Waals surface area contributed by atoms with Crippen molar-refractivity contribution >= 4 is 28.4 Å². The van der Waals surface area contributed by atoms with Gasteiger partial charge in [0.15, 0.2) is 11.6 Å². The Balaban J connectivity index is 2.08. The van der Waals surface area contributed by atoms with Gasteiger partial charge in [-0.15, -0.1) is 0 Å². The van der Waals surface area contributed by atoms with E-state index in [9.17, 15) is 18.4 Å². The summed E-state index contributed by atoms with van der Waals surface area (Å²) in [5.41, 5.74) is 5.16. The summed E-state index contributed by atoms with van der Waals surface area (Å²) in [6.07, 6.45) is 1.23. The monoisotopic (exact) mass is 400 g/mol. The molecule has 0 aliphatic rings. The number of fused-ring (bicyclic) bond motifs is 1. The molecule has 0 atom stereocenters. The molecule has 0 aliphatic carbocycles. The second kappa shape index (κ2) is 6.58. The minimum atomic E-state index is -0.864. The second-order valence-corrected chi connectivity index (χ2v) is 6.37. The fraction of sp³-hybridized carbons (Fsp3) is 0. The number of carbonyl (C=O) groups is 1. The fourth-order valence-electron chi connectivity index (χ4n) is 2.97. The summed E-state index contributed by atoms with van der Waals surface area (Å²) < 4.78 is 29.7. The number of nitrogens with one attached hydrogen (secondary N) is 1. The molecule has 2 heterocycles. The molecule has 0 fully saturated rings. The molecule has 1 amide bonds. The Hall–Kier alpha value is -3.52. The Morgan fingerprint density at radius 2 is 1.75 bits per heavy atom. The van der Waals surface area contributed by atoms with Crippen LogP contribution < -0.4 is 11.3 Å². The van der Waals surface area contributed by atoms with E-state index >= 15 is 0 Å². The SMILES string of the molecule is NC(=O)c1ccc(-c2nn(-c3c(F)cccc3F)c3c(Cl)c[nH]c(=O)c23)cc1. The third-order valence-electron chi connectivity index (χ3n) is 4.26. The van der Waals surface area contributed by atoms with Crippen LogP contribution in [0.5, 0.6) is 0 Å². The van der Waals surface area contributed by atoms with Gasteiger partial charge in [0.1, 0.15) is 16.9 Å². The van der Waals surface area contributed by atoms with Gasteiger partial charge in [0.2, 0.25) is 5.91 Å². The standard InChI is InChI=1S/C19H11ClF2N4O2/c20-11-8-24-19(28)14-15(9-4-6-10(7-5-9)18(23)27)25-26(16(11)14)17-12(21)2-1-3-13(17)22/h1-8H,(H2,23,27)(H,24,28). The van der Waals surface area contributed by atoms with Crippen molar-refractivity contribution in [3.05, 3.63) is 81.2 Å². The van der Waals surface area contributed by atoms with Crippen molar-refractivity contribution in [3.8, 4) is 16.9 Å². The number of benzene rings is 2. The van der Waals surface area contributed by atoms with E-state index in [-0.39, 0.29) is 27.2 Å². The summed E-state index contributed by atoms with van der Waals surface area (Å²) >= 11 is 6.22. The average molecular weight is 401 g/mol. The normalized spacial score (nSPS) is 11.1. The molecule has 4 aromatic rings. The zero-order valence-corrected chi connectivity index (χ0v) is 14.8. The lowest BCUT2D eigenvalue weighted by atomic mass is 10.1. The van der Waals surface area contributed by atoms with Crippen LogP contribution in [0.2, 0.25) is 5.02 Å². The summed E-state index contributed by atoms with van der Waals surface area (Å²) in [5, 5.41) is 4.38. The van der Waals surface area contributed by atoms with Gasteiger partial charge in [-0.2, -0.15) is 5.10 Å². The molecule has 0 unspecified atom stereocenters. The Labute approximate surface area is 161 Å². The largest absolute Gasteiger partial charge is 0.366 e. The van der Waals surface area contributed by atoms with Crippen LogP contribution in [0.25, 0.3) is 27.8 Å². The summed E-state index contributed by atoms with van der Waals surface area (Å²) in [6.45, 7) is 0. The number of hydrogen-bond donors (Lipinski definition) is 2. The first-order chi connectivity index (χ1) is 13.4. The van der Waals surface area contributed by atoms with E-state index in [0.717, 1.165) is 16.8 Å². The van der Waals surface area contributed by atoms with E-state index in [4.69, 9.17) is 17.3 Å². The van der Waals surface area contributed by atoms with Crippen molar-refractivity contribution in [3.63, 3.8) is 0 Å². The lowest BCUT2D eigenvalue weighted by molar-refractivity contribution is 0.100. The molecule has 0 radical (unpaired) electrons. The van der Waals surface area contributed by atoms with Gasteiger partial charge in [0, 0.05) is 17.3 Å². The maximum Gasteiger partial charge on any atom is 0.259 e. The Kier molecular flexibility index (Phi) is 4.20. The molecule has 0 saturated heterocycles. The molecule has 2 aromatic carbocycles. The number of amides is 1. The van der Waals surface area contributed by atoms with Crippen molar-refractivity contribution < 1.29 is 13.6 Å². The van der Waals surface area contributed by atoms with Crippen LogP contribution in [0, 0.1) is 11.6 Å². The van der Waals surface area contributed by atoms with Crippen LogP contribution in [0.4, 0.5) is 8.78 Å². The van der Waals surface area contributed by atoms with E-state index in [1.165, 1.54) is 36.5 Å². The van der Waals surface area contributed by atoms with E-state index < -0.39 is 28.8 Å². The number of aromatic amines is 1. The van der Waals surface area contributed by atoms with Crippen molar-refractivity contribution in [1.29, 1.82) is 0 Å². The van der Waals surface area contributed by atoms with Gasteiger partial charge < -0.3 is 10.7 Å². The number of primary amides is 1. The number of H-pyrrole nitrogens is 1. The molecule has 2 aromatic heterocycles. The topological polar surface area (TPSA) is 93.8 Å². The third kappa shape index (κ3) is 2.74. The molecule has 0 spiro atoms. The molecular formula is C19H11ClF2N4O2. The average Bonchev–Trinajstić information content (AvgIpc) is 3.06. The number of rotatable bonds is 3. The summed E-state index contributed by atoms with van der Waals surface area (Å²) in [4.78, 5) is 26.2. The highest BCUT2D eigenvalue weighted by molar-refractivity contribution is 6.35. The van der Waals surface area contributed by atoms with Gasteiger partial charge in [0.25, 0.3) is 5.56 Å². The fourth-order valence-corrected chi connectivity index (χ4v) is 3.20. The van der Waals surface area contributed by atoms with E-state index in [0.29, 0.717) is 5.56 Å². The molecule has 140 valence electrons. The predicted octanol–water partition coefficient (Wildman–Crippen LogP) is 3.41. The van der Waals surface area contributed by atoms with Crippen LogP contribution in [-0.2, 0) is 0 Å². The molecule has 0 aliphatic heterocycles. The highest BCUT2D eigenvalue weighted by atomic mass is 35.5. The van der Waals surface area contributed by atoms with Crippen LogP contribution in [-0.4, -0.2) is 20.7 Å². The first-order valence-corrected chi connectivity index (χ1v) is 8.41. The zero-order valence-electron chi connectivity index (χ0n) is 14.0. The van der Waals surface area contributed by atoms with Crippen molar-refractivity contribution in [2.24, 2.45) is 5.73 Å². The van der Waals surface area contributed by atoms with E-state index in [1.54, 1.807) is 0 Å². The minimum absolute atomic E-state index is 0.0574. The lowest BCUT2D eigenvalue weighted by Crippen LogP contribution is -2.10. The van der Waals surface area contributed by atoms with Crippen molar-refractivity contribution in [2.45, 2.75) is 0 Å². The van der Waals surface area contributed by atoms with Crippen LogP contribution >= 0.6 is 11.6 Å². The molecular weight excluding hydrogens is 390 g/mol. The van der Waals surface area contributed by atoms with Crippen molar-refractivity contribution in [2.75, 3.05) is 0 Å². The van der Waals surface area contributed by atoms with Crippen LogP contribution in [0.1, 0.15) is 10.4 Å². The first kappa shape index (κ1) is 17.9. The maximum atomic E-state index is 14.4. The number of pyridine rings is 1. The molecule has 9 heteroatoms. The quantitative estimate of drug-likeness (QED) is 0.551. The Bertz CT molecular complexity index is 1280. The molecule has 0 bridgehead atoms. The smallest absolute Gasteiger partial charge is 0.259 e. The number of nitrogens with zero attached hydrogens (tertiary/aromatic N) is 2. The first-order valence-electron chi connectivity index (χ1n) is 8.03. The third-order valence-corrected chi connectivity index (χ3v) is 4.55. The highest BCUT2D eigenvalue weighted by Gasteiger charge is 2.23. The molecule has 4 rings (SSSR count). The number of carbonyl (C=O) groups excluding carboxylic acids is 1. The summed E-state index contributed by atoms with van der Waals surface area (Å²) in [6, 6.07) is 9.37. The van der Waals surface area contributed by atoms with Gasteiger partial charge >= 0.3 is 0 Å². The van der Waals surface area contributed by atoms with Gasteiger partial charge in [0.05, 0.1) is 10.4 Å². The highest BCUT2D eigenvalue weighted by Crippen LogP contribution is 2.32. The minimum Gasteiger partial charge on any atom is -0.366 e. The number of halogens is 3. The van der Waals surface area contributed by atoms with Gasteiger partial charge in [-0.05, 0) is 24.3 Å². The van der Waals surface area contributed by atoms with Gasteiger partial charge in [-0.3, -0.25) is 9.59 Å². The van der Waals surface area contributed by atoms with Crippen LogP contribution in [0.15, 0.2) is 53.5 Å². The van der Waals surface area contributed by atoms with E-state index in [1.807, 2.05) is 0 Å². The lowest BCUT2D eigenvalue weighted by Gasteiger charge is -2.07. The maximum absolute atomic E-state index is 14.4. The van der Waals surface area contributed by atoms with Crippen LogP contribution in [0.3, 0.4) is 0 Å².